The number of halogens is 1. The van der Waals surface area contributed by atoms with Gasteiger partial charge in [0.15, 0.2) is 0 Å². The van der Waals surface area contributed by atoms with Gasteiger partial charge < -0.3 is 15.3 Å². The fourth-order valence-corrected chi connectivity index (χ4v) is 1.90. The van der Waals surface area contributed by atoms with Crippen molar-refractivity contribution >= 4 is 17.8 Å². The Labute approximate surface area is 127 Å². The molecule has 22 heavy (non-hydrogen) atoms. The van der Waals surface area contributed by atoms with Crippen LogP contribution in [0, 0.1) is 11.7 Å². The maximum Gasteiger partial charge on any atom is 0.323 e. The van der Waals surface area contributed by atoms with Crippen LogP contribution in [-0.2, 0) is 9.59 Å². The monoisotopic (exact) mass is 310 g/mol. The third-order valence-electron chi connectivity index (χ3n) is 3.09. The summed E-state index contributed by atoms with van der Waals surface area (Å²) in [6.45, 7) is 2.94. The Morgan fingerprint density at radius 1 is 1.27 bits per heavy atom. The van der Waals surface area contributed by atoms with Crippen LogP contribution in [0.3, 0.4) is 0 Å². The second-order valence-electron chi connectivity index (χ2n) is 5.26. The van der Waals surface area contributed by atoms with E-state index in [0.29, 0.717) is 0 Å². The predicted octanol–water partition coefficient (Wildman–Crippen LogP) is 1.12. The maximum atomic E-state index is 13.6. The van der Waals surface area contributed by atoms with E-state index in [1.807, 2.05) is 0 Å². The van der Waals surface area contributed by atoms with Crippen LogP contribution in [-0.4, -0.2) is 47.4 Å². The van der Waals surface area contributed by atoms with Crippen LogP contribution in [0.25, 0.3) is 0 Å². The van der Waals surface area contributed by atoms with E-state index in [-0.39, 0.29) is 11.5 Å². The van der Waals surface area contributed by atoms with Crippen LogP contribution in [0.1, 0.15) is 24.2 Å². The van der Waals surface area contributed by atoms with Gasteiger partial charge in [-0.3, -0.25) is 14.4 Å². The third kappa shape index (κ3) is 4.54. The van der Waals surface area contributed by atoms with Gasteiger partial charge in [0.2, 0.25) is 5.91 Å². The molecule has 1 unspecified atom stereocenters. The second kappa shape index (κ2) is 7.53. The van der Waals surface area contributed by atoms with E-state index in [1.165, 1.54) is 25.2 Å². The highest BCUT2D eigenvalue weighted by Gasteiger charge is 2.28. The number of benzene rings is 1. The van der Waals surface area contributed by atoms with Crippen LogP contribution in [0.15, 0.2) is 24.3 Å². The van der Waals surface area contributed by atoms with E-state index >= 15 is 0 Å². The number of rotatable bonds is 6. The molecular weight excluding hydrogens is 291 g/mol. The molecule has 120 valence electrons. The maximum absolute atomic E-state index is 13.6. The molecule has 0 spiro atoms. The van der Waals surface area contributed by atoms with Gasteiger partial charge in [-0.25, -0.2) is 4.39 Å². The summed E-state index contributed by atoms with van der Waals surface area (Å²) >= 11 is 0. The van der Waals surface area contributed by atoms with Crippen molar-refractivity contribution in [3.8, 4) is 0 Å². The first kappa shape index (κ1) is 17.6. The van der Waals surface area contributed by atoms with Gasteiger partial charge in [0.25, 0.3) is 5.91 Å². The number of carbonyl (C=O) groups excluding carboxylic acids is 2. The minimum absolute atomic E-state index is 0.165. The van der Waals surface area contributed by atoms with Gasteiger partial charge in [-0.2, -0.15) is 0 Å². The number of likely N-dealkylation sites (N-methyl/N-ethyl adjacent to an activating group) is 1. The highest BCUT2D eigenvalue weighted by molar-refractivity contribution is 5.98. The Morgan fingerprint density at radius 2 is 1.86 bits per heavy atom. The first-order valence-corrected chi connectivity index (χ1v) is 6.76. The quantitative estimate of drug-likeness (QED) is 0.824. The highest BCUT2D eigenvalue weighted by atomic mass is 19.1. The predicted molar refractivity (Wildman–Crippen MR) is 77.8 cm³/mol. The molecule has 0 aromatic heterocycles. The number of nitrogens with zero attached hydrogens (tertiary/aromatic N) is 1. The number of hydrogen-bond donors (Lipinski definition) is 2. The van der Waals surface area contributed by atoms with E-state index in [1.54, 1.807) is 13.8 Å². The minimum atomic E-state index is -1.15. The van der Waals surface area contributed by atoms with Gasteiger partial charge in [-0.15, -0.1) is 0 Å². The van der Waals surface area contributed by atoms with E-state index in [4.69, 9.17) is 5.11 Å². The average molecular weight is 310 g/mol. The molecular formula is C15H19FN2O4. The fourth-order valence-electron chi connectivity index (χ4n) is 1.90. The van der Waals surface area contributed by atoms with Crippen LogP contribution in [0.4, 0.5) is 4.39 Å². The summed E-state index contributed by atoms with van der Waals surface area (Å²) in [4.78, 5) is 36.0. The van der Waals surface area contributed by atoms with Gasteiger partial charge in [-0.1, -0.05) is 26.0 Å². The van der Waals surface area contributed by atoms with Crippen LogP contribution < -0.4 is 5.32 Å². The summed E-state index contributed by atoms with van der Waals surface area (Å²) in [7, 11) is 1.33. The smallest absolute Gasteiger partial charge is 0.323 e. The van der Waals surface area contributed by atoms with Gasteiger partial charge >= 0.3 is 5.97 Å². The molecule has 0 saturated carbocycles. The molecule has 2 N–H and O–H groups in total. The molecule has 0 saturated heterocycles. The Morgan fingerprint density at radius 3 is 2.36 bits per heavy atom. The molecule has 0 bridgehead atoms. The van der Waals surface area contributed by atoms with Gasteiger partial charge in [0.1, 0.15) is 18.4 Å². The molecule has 1 aromatic rings. The van der Waals surface area contributed by atoms with Crippen LogP contribution >= 0.6 is 0 Å². The molecule has 0 fully saturated rings. The molecule has 1 aromatic carbocycles. The molecule has 0 aliphatic heterocycles. The van der Waals surface area contributed by atoms with E-state index in [0.717, 1.165) is 11.0 Å². The molecule has 1 rings (SSSR count). The molecule has 0 radical (unpaired) electrons. The summed E-state index contributed by atoms with van der Waals surface area (Å²) < 4.78 is 13.6. The summed E-state index contributed by atoms with van der Waals surface area (Å²) in [5.74, 6) is -3.37. The Balaban J connectivity index is 2.89. The number of amides is 2. The van der Waals surface area contributed by atoms with Crippen molar-refractivity contribution in [1.82, 2.24) is 10.2 Å². The van der Waals surface area contributed by atoms with Crippen molar-refractivity contribution in [1.29, 1.82) is 0 Å². The number of nitrogens with one attached hydrogen (secondary N) is 1. The zero-order valence-electron chi connectivity index (χ0n) is 12.7. The number of carboxylic acid groups (broad SMARTS) is 1. The third-order valence-corrected chi connectivity index (χ3v) is 3.09. The first-order chi connectivity index (χ1) is 10.2. The lowest BCUT2D eigenvalue weighted by molar-refractivity contribution is -0.144. The number of aliphatic carboxylic acids is 1. The lowest BCUT2D eigenvalue weighted by Crippen LogP contribution is -2.51. The molecule has 0 aliphatic carbocycles. The van der Waals surface area contributed by atoms with E-state index < -0.39 is 36.2 Å². The zero-order chi connectivity index (χ0) is 16.9. The van der Waals surface area contributed by atoms with E-state index in [9.17, 15) is 18.8 Å². The fraction of sp³-hybridized carbons (Fsp3) is 0.400. The first-order valence-electron chi connectivity index (χ1n) is 6.76. The van der Waals surface area contributed by atoms with Gasteiger partial charge in [0, 0.05) is 7.05 Å². The van der Waals surface area contributed by atoms with Gasteiger partial charge in [-0.05, 0) is 18.1 Å². The van der Waals surface area contributed by atoms with Crippen molar-refractivity contribution in [2.45, 2.75) is 19.9 Å². The zero-order valence-corrected chi connectivity index (χ0v) is 12.7. The normalized spacial score (nSPS) is 11.9. The number of carboxylic acids is 1. The molecule has 0 aliphatic rings. The van der Waals surface area contributed by atoms with Crippen molar-refractivity contribution in [3.05, 3.63) is 35.6 Å². The Bertz CT molecular complexity index is 574. The number of hydrogen-bond acceptors (Lipinski definition) is 3. The van der Waals surface area contributed by atoms with E-state index in [2.05, 4.69) is 5.32 Å². The largest absolute Gasteiger partial charge is 0.480 e. The average Bonchev–Trinajstić information content (AvgIpc) is 2.43. The molecule has 7 heteroatoms. The Kier molecular flexibility index (Phi) is 6.03. The molecule has 2 amide bonds. The summed E-state index contributed by atoms with van der Waals surface area (Å²) in [6.07, 6.45) is 0. The van der Waals surface area contributed by atoms with Crippen LogP contribution in [0.2, 0.25) is 0 Å². The second-order valence-corrected chi connectivity index (χ2v) is 5.26. The highest BCUT2D eigenvalue weighted by Crippen LogP contribution is 2.10. The van der Waals surface area contributed by atoms with Crippen molar-refractivity contribution < 1.29 is 23.9 Å². The summed E-state index contributed by atoms with van der Waals surface area (Å²) in [5.41, 5.74) is -0.165. The van der Waals surface area contributed by atoms with Crippen molar-refractivity contribution in [2.24, 2.45) is 5.92 Å². The SMILES string of the molecule is CC(C)C(NC(=O)c1ccccc1F)C(=O)N(C)CC(=O)O. The van der Waals surface area contributed by atoms with Gasteiger partial charge in [0.05, 0.1) is 5.56 Å². The summed E-state index contributed by atoms with van der Waals surface area (Å²) in [6, 6.07) is 4.50. The topological polar surface area (TPSA) is 86.7 Å². The molecule has 0 heterocycles. The molecule has 6 nitrogen and oxygen atoms in total. The molecule has 1 atom stereocenters. The van der Waals surface area contributed by atoms with Crippen molar-refractivity contribution in [3.63, 3.8) is 0 Å². The van der Waals surface area contributed by atoms with Crippen LogP contribution in [0.5, 0.6) is 0 Å². The lowest BCUT2D eigenvalue weighted by Gasteiger charge is -2.26. The van der Waals surface area contributed by atoms with Crippen molar-refractivity contribution in [2.75, 3.05) is 13.6 Å². The summed E-state index contributed by atoms with van der Waals surface area (Å²) in [5, 5.41) is 11.2. The lowest BCUT2D eigenvalue weighted by atomic mass is 10.0. The Hall–Kier alpha value is -2.44. The standard InChI is InChI=1S/C15H19FN2O4/c1-9(2)13(15(22)18(3)8-12(19)20)17-14(21)10-6-4-5-7-11(10)16/h4-7,9,13H,8H2,1-3H3,(H,17,21)(H,19,20). The minimum Gasteiger partial charge on any atom is -0.480 e. The number of carbonyl (C=O) groups is 3.